The van der Waals surface area contributed by atoms with Gasteiger partial charge in [-0.05, 0) is 49.7 Å². The lowest BCUT2D eigenvalue weighted by Gasteiger charge is -2.35. The first-order valence-corrected chi connectivity index (χ1v) is 12.3. The lowest BCUT2D eigenvalue weighted by molar-refractivity contribution is -0.150. The van der Waals surface area contributed by atoms with Crippen LogP contribution in [-0.2, 0) is 19.1 Å². The summed E-state index contributed by atoms with van der Waals surface area (Å²) >= 11 is 0. The zero-order valence-electron chi connectivity index (χ0n) is 20.7. The first kappa shape index (κ1) is 25.0. The molecule has 3 amide bonds. The summed E-state index contributed by atoms with van der Waals surface area (Å²) in [6.45, 7) is 5.96. The van der Waals surface area contributed by atoms with Crippen molar-refractivity contribution in [2.45, 2.75) is 77.5 Å². The molecule has 9 heteroatoms. The van der Waals surface area contributed by atoms with E-state index >= 15 is 0 Å². The summed E-state index contributed by atoms with van der Waals surface area (Å²) in [5, 5.41) is 12.7. The van der Waals surface area contributed by atoms with Gasteiger partial charge in [0.2, 0.25) is 11.8 Å². The molecule has 190 valence electrons. The van der Waals surface area contributed by atoms with E-state index in [2.05, 4.69) is 5.32 Å². The van der Waals surface area contributed by atoms with Crippen molar-refractivity contribution >= 4 is 29.6 Å². The van der Waals surface area contributed by atoms with E-state index in [9.17, 15) is 24.3 Å². The Morgan fingerprint density at radius 1 is 1.11 bits per heavy atom. The number of benzene rings is 1. The molecule has 9 nitrogen and oxygen atoms in total. The minimum atomic E-state index is -1.11. The van der Waals surface area contributed by atoms with E-state index in [0.29, 0.717) is 6.54 Å². The average Bonchev–Trinajstić information content (AvgIpc) is 3.51. The molecule has 1 spiro atoms. The van der Waals surface area contributed by atoms with Crippen LogP contribution in [0, 0.1) is 10.8 Å². The molecule has 2 saturated heterocycles. The Kier molecular flexibility index (Phi) is 6.79. The maximum Gasteiger partial charge on any atom is 0.408 e. The molecule has 1 aliphatic carbocycles. The molecule has 1 unspecified atom stereocenters. The van der Waals surface area contributed by atoms with Crippen molar-refractivity contribution in [1.29, 1.82) is 0 Å². The number of anilines is 1. The second kappa shape index (κ2) is 9.51. The van der Waals surface area contributed by atoms with E-state index in [1.165, 1.54) is 4.90 Å². The van der Waals surface area contributed by atoms with Gasteiger partial charge in [-0.2, -0.15) is 0 Å². The molecule has 2 heterocycles. The van der Waals surface area contributed by atoms with Gasteiger partial charge in [0.1, 0.15) is 18.2 Å². The van der Waals surface area contributed by atoms with Crippen LogP contribution in [0.5, 0.6) is 0 Å². The number of carbonyl (C=O) groups excluding carboxylic acids is 3. The largest absolute Gasteiger partial charge is 0.480 e. The second-order valence-electron chi connectivity index (χ2n) is 11.3. The van der Waals surface area contributed by atoms with Crippen molar-refractivity contribution in [2.75, 3.05) is 18.0 Å². The minimum absolute atomic E-state index is 0.0831. The van der Waals surface area contributed by atoms with Crippen molar-refractivity contribution in [2.24, 2.45) is 10.8 Å². The zero-order valence-corrected chi connectivity index (χ0v) is 20.7. The lowest BCUT2D eigenvalue weighted by Crippen LogP contribution is -2.57. The molecule has 3 fully saturated rings. The number of carboxylic acids is 1. The molecule has 2 N–H and O–H groups in total. The summed E-state index contributed by atoms with van der Waals surface area (Å²) in [7, 11) is 0. The van der Waals surface area contributed by atoms with E-state index in [1.54, 1.807) is 4.90 Å². The van der Waals surface area contributed by atoms with Crippen LogP contribution in [0.2, 0.25) is 0 Å². The van der Waals surface area contributed by atoms with Crippen molar-refractivity contribution < 1.29 is 29.0 Å². The molecule has 3 aliphatic rings. The van der Waals surface area contributed by atoms with Crippen molar-refractivity contribution in [3.63, 3.8) is 0 Å². The van der Waals surface area contributed by atoms with Crippen LogP contribution >= 0.6 is 0 Å². The third-order valence-corrected chi connectivity index (χ3v) is 7.42. The number of para-hydroxylation sites is 1. The first-order valence-electron chi connectivity index (χ1n) is 12.3. The van der Waals surface area contributed by atoms with E-state index < -0.39 is 40.9 Å². The molecule has 1 saturated carbocycles. The quantitative estimate of drug-likeness (QED) is 0.662. The van der Waals surface area contributed by atoms with Gasteiger partial charge in [-0.25, -0.2) is 9.59 Å². The van der Waals surface area contributed by atoms with E-state index in [0.717, 1.165) is 31.4 Å². The number of nitrogens with one attached hydrogen (secondary N) is 1. The number of hydrogen-bond donors (Lipinski definition) is 2. The molecule has 1 aromatic carbocycles. The summed E-state index contributed by atoms with van der Waals surface area (Å²) in [4.78, 5) is 54.5. The SMILES string of the molecule is CC(C)(C)C(NC(=O)OC1CCCC1)C(=O)N1C[C@]2(CC(=O)N(c3ccccc3)C2)C[C@@H]1C(=O)O. The monoisotopic (exact) mass is 485 g/mol. The van der Waals surface area contributed by atoms with Gasteiger partial charge < -0.3 is 25.0 Å². The third kappa shape index (κ3) is 5.28. The molecule has 1 aromatic rings. The van der Waals surface area contributed by atoms with Gasteiger partial charge in [-0.15, -0.1) is 0 Å². The Hall–Kier alpha value is -3.10. The van der Waals surface area contributed by atoms with E-state index in [1.807, 2.05) is 51.1 Å². The Morgan fingerprint density at radius 3 is 2.37 bits per heavy atom. The number of carbonyl (C=O) groups is 4. The number of alkyl carbamates (subject to hydrolysis) is 1. The smallest absolute Gasteiger partial charge is 0.408 e. The van der Waals surface area contributed by atoms with Gasteiger partial charge in [0, 0.05) is 30.6 Å². The number of aliphatic carboxylic acids is 1. The molecule has 0 radical (unpaired) electrons. The number of nitrogens with zero attached hydrogens (tertiary/aromatic N) is 2. The van der Waals surface area contributed by atoms with Gasteiger partial charge in [0.05, 0.1) is 0 Å². The van der Waals surface area contributed by atoms with E-state index in [-0.39, 0.29) is 31.4 Å². The Bertz CT molecular complexity index is 985. The standard InChI is InChI=1S/C26H35N3O6/c1-25(2,3)21(27-24(34)35-18-11-7-8-12-18)22(31)29-16-26(13-19(29)23(32)33)14-20(30)28(15-26)17-9-5-4-6-10-17/h4-6,9-10,18-19,21H,7-8,11-16H2,1-3H3,(H,27,34)(H,32,33)/t19-,21?,26+/m1/s1. The van der Waals surface area contributed by atoms with Crippen LogP contribution in [0.3, 0.4) is 0 Å². The van der Waals surface area contributed by atoms with Crippen LogP contribution < -0.4 is 10.2 Å². The van der Waals surface area contributed by atoms with Gasteiger partial charge in [-0.3, -0.25) is 9.59 Å². The molecule has 4 rings (SSSR count). The van der Waals surface area contributed by atoms with Crippen LogP contribution in [0.15, 0.2) is 30.3 Å². The van der Waals surface area contributed by atoms with Crippen LogP contribution in [0.25, 0.3) is 0 Å². The van der Waals surface area contributed by atoms with Gasteiger partial charge in [0.15, 0.2) is 0 Å². The fourth-order valence-electron chi connectivity index (χ4n) is 5.61. The van der Waals surface area contributed by atoms with Gasteiger partial charge in [-0.1, -0.05) is 39.0 Å². The highest BCUT2D eigenvalue weighted by atomic mass is 16.6. The Balaban J connectivity index is 1.53. The maximum atomic E-state index is 13.7. The molecular formula is C26H35N3O6. The van der Waals surface area contributed by atoms with Crippen molar-refractivity contribution in [1.82, 2.24) is 10.2 Å². The summed E-state index contributed by atoms with van der Waals surface area (Å²) in [6.07, 6.45) is 3.19. The third-order valence-electron chi connectivity index (χ3n) is 7.42. The summed E-state index contributed by atoms with van der Waals surface area (Å²) in [5.74, 6) is -1.65. The number of amides is 3. The highest BCUT2D eigenvalue weighted by Crippen LogP contribution is 2.45. The lowest BCUT2D eigenvalue weighted by atomic mass is 9.84. The van der Waals surface area contributed by atoms with Crippen LogP contribution in [0.1, 0.15) is 59.3 Å². The molecule has 3 atom stereocenters. The molecule has 0 bridgehead atoms. The number of rotatable bonds is 5. The number of hydrogen-bond acceptors (Lipinski definition) is 5. The Morgan fingerprint density at radius 2 is 1.77 bits per heavy atom. The fourth-order valence-corrected chi connectivity index (χ4v) is 5.61. The zero-order chi connectivity index (χ0) is 25.4. The summed E-state index contributed by atoms with van der Waals surface area (Å²) in [5.41, 5.74) is -0.570. The molecule has 0 aromatic heterocycles. The topological polar surface area (TPSA) is 116 Å². The van der Waals surface area contributed by atoms with Crippen LogP contribution in [-0.4, -0.2) is 65.2 Å². The normalized spacial score (nSPS) is 25.8. The highest BCUT2D eigenvalue weighted by molar-refractivity contribution is 5.97. The fraction of sp³-hybridized carbons (Fsp3) is 0.615. The highest BCUT2D eigenvalue weighted by Gasteiger charge is 2.56. The predicted octanol–water partition coefficient (Wildman–Crippen LogP) is 3.18. The summed E-state index contributed by atoms with van der Waals surface area (Å²) < 4.78 is 5.51. The second-order valence-corrected chi connectivity index (χ2v) is 11.3. The van der Waals surface area contributed by atoms with Crippen molar-refractivity contribution in [3.8, 4) is 0 Å². The van der Waals surface area contributed by atoms with E-state index in [4.69, 9.17) is 4.74 Å². The number of likely N-dealkylation sites (tertiary alicyclic amines) is 1. The van der Waals surface area contributed by atoms with Gasteiger partial charge >= 0.3 is 12.1 Å². The number of carboxylic acid groups (broad SMARTS) is 1. The predicted molar refractivity (Wildman–Crippen MR) is 129 cm³/mol. The maximum absolute atomic E-state index is 13.7. The minimum Gasteiger partial charge on any atom is -0.480 e. The van der Waals surface area contributed by atoms with Gasteiger partial charge in [0.25, 0.3) is 0 Å². The average molecular weight is 486 g/mol. The van der Waals surface area contributed by atoms with Crippen molar-refractivity contribution in [3.05, 3.63) is 30.3 Å². The number of ether oxygens (including phenoxy) is 1. The molecule has 2 aliphatic heterocycles. The molecule has 35 heavy (non-hydrogen) atoms. The molecular weight excluding hydrogens is 450 g/mol. The van der Waals surface area contributed by atoms with Crippen LogP contribution in [0.4, 0.5) is 10.5 Å². The first-order chi connectivity index (χ1) is 16.5. The summed E-state index contributed by atoms with van der Waals surface area (Å²) in [6, 6.07) is 7.23. The Labute approximate surface area is 205 Å².